The van der Waals surface area contributed by atoms with Gasteiger partial charge in [-0.3, -0.25) is 14.3 Å². The number of nitrogens with zero attached hydrogens (tertiary/aromatic N) is 4. The number of nitrogens with one attached hydrogen (secondary N) is 1. The molecule has 0 saturated carbocycles. The highest BCUT2D eigenvalue weighted by Crippen LogP contribution is 2.15. The Morgan fingerprint density at radius 2 is 2.05 bits per heavy atom. The molecule has 1 atom stereocenters. The highest BCUT2D eigenvalue weighted by molar-refractivity contribution is 5.78. The third-order valence-corrected chi connectivity index (χ3v) is 3.94. The molecule has 8 heteroatoms. The number of imidazole rings is 1. The Morgan fingerprint density at radius 3 is 2.64 bits per heavy atom. The van der Waals surface area contributed by atoms with E-state index in [1.807, 2.05) is 23.8 Å². The summed E-state index contributed by atoms with van der Waals surface area (Å²) >= 11 is 0. The lowest BCUT2D eigenvalue weighted by atomic mass is 10.1. The van der Waals surface area contributed by atoms with Crippen molar-refractivity contribution in [1.29, 1.82) is 0 Å². The average molecular weight is 315 g/mol. The van der Waals surface area contributed by atoms with E-state index in [9.17, 15) is 13.6 Å². The third kappa shape index (κ3) is 4.01. The van der Waals surface area contributed by atoms with Crippen LogP contribution in [0.5, 0.6) is 0 Å². The molecule has 0 bridgehead atoms. The maximum atomic E-state index is 12.8. The van der Waals surface area contributed by atoms with Crippen molar-refractivity contribution in [1.82, 2.24) is 24.7 Å². The van der Waals surface area contributed by atoms with Crippen LogP contribution in [0.25, 0.3) is 0 Å². The van der Waals surface area contributed by atoms with E-state index < -0.39 is 6.55 Å². The molecule has 1 aliphatic heterocycles. The number of hydrogen-bond acceptors (Lipinski definition) is 4. The standard InChI is InChI=1S/C14H23F2N5O/c1-11(9-17-2)13(22)20-7-5-19(6-8-20)10-12-18-3-4-21(12)14(15)16/h3-4,11,14,17H,5-10H2,1-2H3. The highest BCUT2D eigenvalue weighted by atomic mass is 19.3. The Hall–Kier alpha value is -1.54. The van der Waals surface area contributed by atoms with E-state index in [4.69, 9.17) is 0 Å². The number of rotatable bonds is 6. The smallest absolute Gasteiger partial charge is 0.319 e. The van der Waals surface area contributed by atoms with Crippen LogP contribution >= 0.6 is 0 Å². The van der Waals surface area contributed by atoms with Crippen molar-refractivity contribution in [3.63, 3.8) is 0 Å². The summed E-state index contributed by atoms with van der Waals surface area (Å²) in [6.07, 6.45) is 2.68. The van der Waals surface area contributed by atoms with Crippen LogP contribution in [-0.4, -0.2) is 65.0 Å². The molecule has 0 spiro atoms. The van der Waals surface area contributed by atoms with Crippen LogP contribution in [0.15, 0.2) is 12.4 Å². The summed E-state index contributed by atoms with van der Waals surface area (Å²) < 4.78 is 26.5. The van der Waals surface area contributed by atoms with Gasteiger partial charge in [0.25, 0.3) is 0 Å². The second-order valence-corrected chi connectivity index (χ2v) is 5.59. The molecule has 1 N–H and O–H groups in total. The van der Waals surface area contributed by atoms with Crippen LogP contribution in [0.3, 0.4) is 0 Å². The molecule has 0 aliphatic carbocycles. The Kier molecular flexibility index (Phi) is 5.84. The number of aromatic nitrogens is 2. The molecule has 124 valence electrons. The Morgan fingerprint density at radius 1 is 1.36 bits per heavy atom. The zero-order valence-corrected chi connectivity index (χ0v) is 13.0. The molecular weight excluding hydrogens is 292 g/mol. The molecule has 1 aliphatic rings. The maximum absolute atomic E-state index is 12.8. The lowest BCUT2D eigenvalue weighted by Gasteiger charge is -2.35. The van der Waals surface area contributed by atoms with Gasteiger partial charge in [-0.15, -0.1) is 0 Å². The highest BCUT2D eigenvalue weighted by Gasteiger charge is 2.25. The SMILES string of the molecule is CNCC(C)C(=O)N1CCN(Cc2nccn2C(F)F)CC1. The van der Waals surface area contributed by atoms with Gasteiger partial charge in [-0.25, -0.2) is 4.98 Å². The van der Waals surface area contributed by atoms with Crippen LogP contribution in [0.2, 0.25) is 0 Å². The van der Waals surface area contributed by atoms with Gasteiger partial charge in [0.2, 0.25) is 5.91 Å². The Bertz CT molecular complexity index is 485. The van der Waals surface area contributed by atoms with Crippen LogP contribution in [0, 0.1) is 5.92 Å². The van der Waals surface area contributed by atoms with Gasteiger partial charge >= 0.3 is 6.55 Å². The summed E-state index contributed by atoms with van der Waals surface area (Å²) in [4.78, 5) is 20.1. The fourth-order valence-corrected chi connectivity index (χ4v) is 2.68. The first-order valence-corrected chi connectivity index (χ1v) is 7.48. The predicted octanol–water partition coefficient (Wildman–Crippen LogP) is 0.778. The van der Waals surface area contributed by atoms with Gasteiger partial charge in [0.15, 0.2) is 0 Å². The summed E-state index contributed by atoms with van der Waals surface area (Å²) in [6, 6.07) is 0. The number of carbonyl (C=O) groups excluding carboxylic acids is 1. The zero-order valence-electron chi connectivity index (χ0n) is 13.0. The molecule has 1 unspecified atom stereocenters. The lowest BCUT2D eigenvalue weighted by molar-refractivity contribution is -0.136. The summed E-state index contributed by atoms with van der Waals surface area (Å²) in [5, 5.41) is 3.00. The van der Waals surface area contributed by atoms with Crippen molar-refractivity contribution >= 4 is 5.91 Å². The van der Waals surface area contributed by atoms with Gasteiger partial charge in [-0.2, -0.15) is 8.78 Å². The Balaban J connectivity index is 1.84. The first kappa shape index (κ1) is 16.8. The number of alkyl halides is 2. The van der Waals surface area contributed by atoms with Gasteiger partial charge in [-0.1, -0.05) is 6.92 Å². The molecule has 0 aromatic carbocycles. The Labute approximate surface area is 129 Å². The molecule has 2 heterocycles. The first-order chi connectivity index (χ1) is 10.5. The number of hydrogen-bond donors (Lipinski definition) is 1. The van der Waals surface area contributed by atoms with Crippen molar-refractivity contribution < 1.29 is 13.6 Å². The number of carbonyl (C=O) groups is 1. The molecule has 22 heavy (non-hydrogen) atoms. The summed E-state index contributed by atoms with van der Waals surface area (Å²) in [6.45, 7) is 2.98. The molecule has 1 aromatic heterocycles. The van der Waals surface area contributed by atoms with Crippen LogP contribution in [-0.2, 0) is 11.3 Å². The van der Waals surface area contributed by atoms with Crippen molar-refractivity contribution in [3.05, 3.63) is 18.2 Å². The van der Waals surface area contributed by atoms with Gasteiger partial charge in [0.05, 0.1) is 6.54 Å². The van der Waals surface area contributed by atoms with Gasteiger partial charge in [0.1, 0.15) is 5.82 Å². The quantitative estimate of drug-likeness (QED) is 0.843. The summed E-state index contributed by atoms with van der Waals surface area (Å²) in [5.74, 6) is 0.454. The van der Waals surface area contributed by atoms with Crippen molar-refractivity contribution in [2.24, 2.45) is 5.92 Å². The average Bonchev–Trinajstić information content (AvgIpc) is 2.96. The van der Waals surface area contributed by atoms with E-state index in [0.29, 0.717) is 45.1 Å². The minimum atomic E-state index is -2.57. The van der Waals surface area contributed by atoms with Crippen molar-refractivity contribution in [2.75, 3.05) is 39.8 Å². The van der Waals surface area contributed by atoms with Gasteiger partial charge in [-0.05, 0) is 7.05 Å². The van der Waals surface area contributed by atoms with Crippen LogP contribution in [0.1, 0.15) is 19.3 Å². The van der Waals surface area contributed by atoms with E-state index >= 15 is 0 Å². The third-order valence-electron chi connectivity index (χ3n) is 3.94. The number of amides is 1. The van der Waals surface area contributed by atoms with Crippen LogP contribution in [0.4, 0.5) is 8.78 Å². The zero-order chi connectivity index (χ0) is 16.1. The van der Waals surface area contributed by atoms with E-state index in [0.717, 1.165) is 4.57 Å². The van der Waals surface area contributed by atoms with Crippen LogP contribution < -0.4 is 5.32 Å². The largest absolute Gasteiger partial charge is 0.340 e. The molecule has 1 amide bonds. The minimum absolute atomic E-state index is 0.0470. The van der Waals surface area contributed by atoms with Crippen molar-refractivity contribution in [2.45, 2.75) is 20.0 Å². The van der Waals surface area contributed by atoms with E-state index in [2.05, 4.69) is 10.3 Å². The molecule has 1 fully saturated rings. The molecule has 2 rings (SSSR count). The minimum Gasteiger partial charge on any atom is -0.340 e. The van der Waals surface area contributed by atoms with Gasteiger partial charge < -0.3 is 10.2 Å². The second-order valence-electron chi connectivity index (χ2n) is 5.59. The summed E-state index contributed by atoms with van der Waals surface area (Å²) in [5.41, 5.74) is 0. The molecule has 6 nitrogen and oxygen atoms in total. The number of piperazine rings is 1. The van der Waals surface area contributed by atoms with Gasteiger partial charge in [0, 0.05) is 51.0 Å². The van der Waals surface area contributed by atoms with E-state index in [1.54, 1.807) is 0 Å². The monoisotopic (exact) mass is 315 g/mol. The van der Waals surface area contributed by atoms with E-state index in [1.165, 1.54) is 12.4 Å². The molecule has 1 aromatic rings. The first-order valence-electron chi connectivity index (χ1n) is 7.48. The summed E-state index contributed by atoms with van der Waals surface area (Å²) in [7, 11) is 1.83. The molecule has 1 saturated heterocycles. The fraction of sp³-hybridized carbons (Fsp3) is 0.714. The normalized spacial score (nSPS) is 18.0. The topological polar surface area (TPSA) is 53.4 Å². The number of halogens is 2. The van der Waals surface area contributed by atoms with Crippen molar-refractivity contribution in [3.8, 4) is 0 Å². The molecular formula is C14H23F2N5O. The molecule has 0 radical (unpaired) electrons. The maximum Gasteiger partial charge on any atom is 0.319 e. The second kappa shape index (κ2) is 7.64. The fourth-order valence-electron chi connectivity index (χ4n) is 2.68. The van der Waals surface area contributed by atoms with E-state index in [-0.39, 0.29) is 11.8 Å². The predicted molar refractivity (Wildman–Crippen MR) is 78.4 cm³/mol. The lowest BCUT2D eigenvalue weighted by Crippen LogP contribution is -2.50.